The zero-order valence-electron chi connectivity index (χ0n) is 22.7. The maximum absolute atomic E-state index is 12.9. The Labute approximate surface area is 248 Å². The molecule has 14 heteroatoms. The summed E-state index contributed by atoms with van der Waals surface area (Å²) in [5, 5.41) is 10.7. The van der Waals surface area contributed by atoms with Crippen LogP contribution >= 0.6 is 22.7 Å². The number of fused-ring (bicyclic) bond motifs is 2. The van der Waals surface area contributed by atoms with Crippen LogP contribution < -0.4 is 27.1 Å². The lowest BCUT2D eigenvalue weighted by Crippen LogP contribution is -2.43. The number of aromatic nitrogens is 4. The van der Waals surface area contributed by atoms with E-state index in [-0.39, 0.29) is 23.1 Å². The first-order chi connectivity index (χ1) is 20.5. The fourth-order valence-corrected chi connectivity index (χ4v) is 7.94. The van der Waals surface area contributed by atoms with Gasteiger partial charge in [0, 0.05) is 48.1 Å². The van der Waals surface area contributed by atoms with Gasteiger partial charge in [0.05, 0.1) is 28.6 Å². The topological polar surface area (TPSA) is 167 Å². The van der Waals surface area contributed by atoms with E-state index in [1.165, 1.54) is 10.8 Å². The zero-order chi connectivity index (χ0) is 28.8. The molecule has 5 aromatic rings. The molecule has 1 saturated heterocycles. The number of hydrogen-bond donors (Lipinski definition) is 3. The molecule has 7 rings (SSSR count). The Bertz CT molecular complexity index is 1840. The first-order valence-corrected chi connectivity index (χ1v) is 15.7. The molecule has 0 unspecified atom stereocenters. The lowest BCUT2D eigenvalue weighted by molar-refractivity contribution is 0.1000. The normalized spacial score (nSPS) is 19.5. The third-order valence-electron chi connectivity index (χ3n) is 7.93. The van der Waals surface area contributed by atoms with Crippen molar-refractivity contribution in [3.05, 3.63) is 57.1 Å². The van der Waals surface area contributed by atoms with Crippen molar-refractivity contribution in [1.82, 2.24) is 19.6 Å². The molecule has 12 nitrogen and oxygen atoms in total. The summed E-state index contributed by atoms with van der Waals surface area (Å²) in [5.41, 5.74) is 15.4. The van der Waals surface area contributed by atoms with Crippen LogP contribution in [0.5, 0.6) is 0 Å². The number of thiophene rings is 1. The number of amides is 1. The first-order valence-electron chi connectivity index (χ1n) is 14.0. The number of anilines is 2. The number of ether oxygens (including phenoxy) is 1. The number of carbonyl (C=O) groups excluding carboxylic acids is 1. The van der Waals surface area contributed by atoms with Crippen LogP contribution in [0.2, 0.25) is 0 Å². The largest absolute Gasteiger partial charge is 0.459 e. The predicted octanol–water partition coefficient (Wildman–Crippen LogP) is 3.23. The summed E-state index contributed by atoms with van der Waals surface area (Å²) in [4.78, 5) is 37.8. The Morgan fingerprint density at radius 2 is 2.02 bits per heavy atom. The molecule has 0 aromatic carbocycles. The van der Waals surface area contributed by atoms with Gasteiger partial charge in [0.25, 0.3) is 5.91 Å². The number of nitrogens with two attached hydrogens (primary N) is 2. The van der Waals surface area contributed by atoms with E-state index in [0.717, 1.165) is 64.5 Å². The van der Waals surface area contributed by atoms with Crippen LogP contribution in [0, 0.1) is 0 Å². The van der Waals surface area contributed by atoms with Crippen LogP contribution in [0.4, 0.5) is 10.9 Å². The second kappa shape index (κ2) is 11.1. The SMILES string of the molecule is NC(=O)c1c(Cc2csc(-c3coc4c(=O)cc(N5CCOCC5)sc34)c2)nc(N[C@H]2CCCC[C@H]2N)n2ncnc12. The van der Waals surface area contributed by atoms with Gasteiger partial charge in [-0.05, 0) is 29.9 Å². The number of nitrogens with zero attached hydrogens (tertiary/aromatic N) is 5. The highest BCUT2D eigenvalue weighted by atomic mass is 32.1. The molecule has 1 aliphatic heterocycles. The summed E-state index contributed by atoms with van der Waals surface area (Å²) >= 11 is 3.09. The molecule has 1 saturated carbocycles. The molecular weight excluding hydrogens is 576 g/mol. The minimum absolute atomic E-state index is 0.00191. The molecule has 0 bridgehead atoms. The van der Waals surface area contributed by atoms with Crippen LogP contribution in [0.3, 0.4) is 0 Å². The van der Waals surface area contributed by atoms with Crippen LogP contribution in [-0.2, 0) is 11.2 Å². The van der Waals surface area contributed by atoms with E-state index in [9.17, 15) is 9.59 Å². The minimum Gasteiger partial charge on any atom is -0.459 e. The molecule has 2 fully saturated rings. The molecule has 218 valence electrons. The first kappa shape index (κ1) is 27.0. The average Bonchev–Trinajstić information content (AvgIpc) is 3.75. The Balaban J connectivity index is 1.23. The summed E-state index contributed by atoms with van der Waals surface area (Å²) in [6.45, 7) is 2.76. The molecule has 5 aromatic heterocycles. The molecule has 1 amide bonds. The number of nitrogens with one attached hydrogen (secondary N) is 1. The number of hydrogen-bond acceptors (Lipinski definition) is 12. The van der Waals surface area contributed by atoms with E-state index in [1.807, 2.05) is 11.4 Å². The van der Waals surface area contributed by atoms with E-state index in [2.05, 4.69) is 20.3 Å². The summed E-state index contributed by atoms with van der Waals surface area (Å²) in [6.07, 6.45) is 7.45. The van der Waals surface area contributed by atoms with Gasteiger partial charge in [-0.1, -0.05) is 12.8 Å². The molecular formula is C28H30N8O4S2. The van der Waals surface area contributed by atoms with Crippen molar-refractivity contribution in [2.24, 2.45) is 11.5 Å². The van der Waals surface area contributed by atoms with E-state index in [0.29, 0.717) is 42.5 Å². The van der Waals surface area contributed by atoms with Gasteiger partial charge in [0.2, 0.25) is 11.4 Å². The van der Waals surface area contributed by atoms with Crippen molar-refractivity contribution >= 4 is 55.5 Å². The molecule has 0 radical (unpaired) electrons. The van der Waals surface area contributed by atoms with Crippen molar-refractivity contribution < 1.29 is 13.9 Å². The van der Waals surface area contributed by atoms with E-state index in [1.54, 1.807) is 35.0 Å². The Hall–Kier alpha value is -3.85. The van der Waals surface area contributed by atoms with Gasteiger partial charge in [-0.3, -0.25) is 9.59 Å². The van der Waals surface area contributed by atoms with Crippen molar-refractivity contribution in [3.63, 3.8) is 0 Å². The summed E-state index contributed by atoms with van der Waals surface area (Å²) in [7, 11) is 0. The van der Waals surface area contributed by atoms with Gasteiger partial charge in [0.1, 0.15) is 18.2 Å². The van der Waals surface area contributed by atoms with Gasteiger partial charge < -0.3 is 30.8 Å². The smallest absolute Gasteiger partial charge is 0.254 e. The van der Waals surface area contributed by atoms with Crippen molar-refractivity contribution in [1.29, 1.82) is 0 Å². The minimum atomic E-state index is -0.617. The fourth-order valence-electron chi connectivity index (χ4n) is 5.75. The van der Waals surface area contributed by atoms with Gasteiger partial charge in [0.15, 0.2) is 11.2 Å². The van der Waals surface area contributed by atoms with Gasteiger partial charge in [-0.25, -0.2) is 9.97 Å². The monoisotopic (exact) mass is 606 g/mol. The van der Waals surface area contributed by atoms with Crippen molar-refractivity contribution in [3.8, 4) is 10.4 Å². The molecule has 6 heterocycles. The molecule has 0 spiro atoms. The van der Waals surface area contributed by atoms with Gasteiger partial charge in [-0.2, -0.15) is 9.61 Å². The number of morpholine rings is 1. The summed E-state index contributed by atoms with van der Waals surface area (Å²) in [5.74, 6) is -0.130. The highest BCUT2D eigenvalue weighted by Crippen LogP contribution is 2.39. The molecule has 5 N–H and O–H groups in total. The molecule has 42 heavy (non-hydrogen) atoms. The predicted molar refractivity (Wildman–Crippen MR) is 163 cm³/mol. The second-order valence-electron chi connectivity index (χ2n) is 10.7. The quantitative estimate of drug-likeness (QED) is 0.250. The van der Waals surface area contributed by atoms with Crippen molar-refractivity contribution in [2.45, 2.75) is 44.2 Å². The molecule has 2 atom stereocenters. The molecule has 2 aliphatic rings. The van der Waals surface area contributed by atoms with Crippen LogP contribution in [-0.4, -0.2) is 63.9 Å². The van der Waals surface area contributed by atoms with Crippen LogP contribution in [0.15, 0.2) is 39.3 Å². The number of primary amides is 1. The Morgan fingerprint density at radius 1 is 1.19 bits per heavy atom. The van der Waals surface area contributed by atoms with Gasteiger partial charge >= 0.3 is 0 Å². The Kier molecular flexibility index (Phi) is 7.14. The maximum atomic E-state index is 12.9. The number of furan rings is 1. The lowest BCUT2D eigenvalue weighted by Gasteiger charge is -2.29. The third kappa shape index (κ3) is 4.93. The second-order valence-corrected chi connectivity index (χ2v) is 12.6. The maximum Gasteiger partial charge on any atom is 0.254 e. The summed E-state index contributed by atoms with van der Waals surface area (Å²) in [6, 6.07) is 3.73. The Morgan fingerprint density at radius 3 is 2.83 bits per heavy atom. The van der Waals surface area contributed by atoms with E-state index in [4.69, 9.17) is 25.6 Å². The van der Waals surface area contributed by atoms with Crippen LogP contribution in [0.1, 0.15) is 47.3 Å². The third-order valence-corrected chi connectivity index (χ3v) is 10.1. The number of rotatable bonds is 7. The van der Waals surface area contributed by atoms with E-state index < -0.39 is 5.91 Å². The van der Waals surface area contributed by atoms with Crippen LogP contribution in [0.25, 0.3) is 26.4 Å². The summed E-state index contributed by atoms with van der Waals surface area (Å²) < 4.78 is 13.6. The van der Waals surface area contributed by atoms with Gasteiger partial charge in [-0.15, -0.1) is 22.7 Å². The highest BCUT2D eigenvalue weighted by molar-refractivity contribution is 7.23. The lowest BCUT2D eigenvalue weighted by atomic mass is 9.91. The van der Waals surface area contributed by atoms with Crippen molar-refractivity contribution in [2.75, 3.05) is 36.5 Å². The fraction of sp³-hybridized carbons (Fsp3) is 0.393. The standard InChI is InChI=1S/C28H30N8O4S2/c29-17-3-1-2-4-18(17)33-28-34-19(23(26(30)38)27-31-14-32-36(27)28)9-15-10-21(41-13-15)16-12-40-24-20(37)11-22(42-25(16)24)35-5-7-39-8-6-35/h10-14,17-18H,1-9,29H2,(H2,30,38)(H,33,34)/t17-,18+/m1/s1. The average molecular weight is 607 g/mol. The molecule has 1 aliphatic carbocycles. The number of carbonyl (C=O) groups is 1. The van der Waals surface area contributed by atoms with E-state index >= 15 is 0 Å². The highest BCUT2D eigenvalue weighted by Gasteiger charge is 2.26. The zero-order valence-corrected chi connectivity index (χ0v) is 24.4.